The normalized spacial score (nSPS) is 13.3. The maximum absolute atomic E-state index is 9.28. The van der Waals surface area contributed by atoms with Crippen LogP contribution in [0.1, 0.15) is 115 Å². The number of hydrogen-bond acceptors (Lipinski definition) is 3. The summed E-state index contributed by atoms with van der Waals surface area (Å²) in [5, 5.41) is 4.11. The van der Waals surface area contributed by atoms with Crippen molar-refractivity contribution in [3.63, 3.8) is 0 Å². The Kier molecular flexibility index (Phi) is 11.7. The molecule has 9 aromatic carbocycles. The van der Waals surface area contributed by atoms with E-state index in [1.807, 2.05) is 78.9 Å². The average molecular weight is 1090 g/mol. The van der Waals surface area contributed by atoms with Gasteiger partial charge in [0.2, 0.25) is 0 Å². The maximum atomic E-state index is 9.28. The lowest BCUT2D eigenvalue weighted by molar-refractivity contribution is -0.572. The van der Waals surface area contributed by atoms with E-state index in [4.69, 9.17) is 14.1 Å². The van der Waals surface area contributed by atoms with Crippen molar-refractivity contribution in [2.75, 3.05) is 0 Å². The second-order valence-corrected chi connectivity index (χ2v) is 26.7. The average Bonchev–Trinajstić information content (AvgIpc) is 1.62. The van der Waals surface area contributed by atoms with Crippen molar-refractivity contribution >= 4 is 54.8 Å². The predicted octanol–water partition coefficient (Wildman–Crippen LogP) is 20.4. The number of ether oxygens (including phenoxy) is 1. The van der Waals surface area contributed by atoms with Gasteiger partial charge in [-0.2, -0.15) is 0 Å². The fraction of sp³-hybridized carbons (Fsp3) is 0.221. The molecule has 4 aromatic heterocycles. The summed E-state index contributed by atoms with van der Waals surface area (Å²) in [6.07, 6.45) is 5.43. The molecule has 0 aliphatic heterocycles. The zero-order chi connectivity index (χ0) is 60.4. The van der Waals surface area contributed by atoms with Gasteiger partial charge in [0, 0.05) is 43.5 Å². The minimum Gasteiger partial charge on any atom is -0.458 e. The zero-order valence-electron chi connectivity index (χ0n) is 52.7. The van der Waals surface area contributed by atoms with Gasteiger partial charge >= 0.3 is 0 Å². The topological polar surface area (TPSA) is 49.0 Å². The molecule has 13 rings (SSSR count). The fourth-order valence-corrected chi connectivity index (χ4v) is 11.6. The van der Waals surface area contributed by atoms with Crippen LogP contribution in [0.5, 0.6) is 11.5 Å². The summed E-state index contributed by atoms with van der Waals surface area (Å²) in [5.41, 5.74) is 17.5. The molecule has 6 nitrogen and oxygen atoms in total. The molecular formula is C77H72N4O2. The number of hydrogen-bond donors (Lipinski definition) is 0. The first-order valence-corrected chi connectivity index (χ1v) is 28.9. The molecule has 0 saturated heterocycles. The Labute approximate surface area is 492 Å². The SMILES string of the molecule is [2H]C([2H])([2H])c1cc(-n2c3ccccc3c3ccc(Oc4cccc(-n5[c-][n+](-c6ccc7oc8ccccc8c7c6)c6ccccc65)c4)cc32)ncc1-c1cc(-c2cc(C(C)(C)C)cc(C(C)(C)C)c2)cc(-c2cc(C(C)(C)C)cc(C(C)(C)C)c2)c1. The van der Waals surface area contributed by atoms with E-state index in [-0.39, 0.29) is 27.2 Å². The first-order chi connectivity index (χ1) is 40.7. The van der Waals surface area contributed by atoms with E-state index in [1.54, 1.807) is 12.3 Å². The van der Waals surface area contributed by atoms with Gasteiger partial charge in [0.25, 0.3) is 6.33 Å². The van der Waals surface area contributed by atoms with Crippen LogP contribution in [0.3, 0.4) is 0 Å². The molecule has 0 aliphatic carbocycles. The first kappa shape index (κ1) is 49.8. The molecule has 412 valence electrons. The minimum absolute atomic E-state index is 0.116. The molecule has 6 heteroatoms. The van der Waals surface area contributed by atoms with Gasteiger partial charge in [0.05, 0.1) is 33.4 Å². The number of furan rings is 1. The lowest BCUT2D eigenvalue weighted by Crippen LogP contribution is -2.29. The quantitative estimate of drug-likeness (QED) is 0.113. The Bertz CT molecular complexity index is 4670. The van der Waals surface area contributed by atoms with Crippen molar-refractivity contribution in [1.29, 1.82) is 0 Å². The standard InChI is InChI=1S/C77H72N4O2/c1-48-33-73(78-46-66(48)53-35-49(51-37-54(74(2,3)4)41-55(38-51)75(5,6)7)34-50(36-53)52-39-56(76(8,9)10)42-57(40-52)77(11,12)13)81-67-25-16-14-23-62(67)63-31-30-61(45-70(63)81)82-60-22-20-21-58(43-60)79-47-80(69-27-18-17-26-68(69)79)59-29-32-72-65(44-59)64-24-15-19-28-71(64)83-72/h14-46H,1-13H3/i1D3. The minimum atomic E-state index is -2.51. The zero-order valence-corrected chi connectivity index (χ0v) is 49.7. The number of para-hydroxylation sites is 4. The van der Waals surface area contributed by atoms with Crippen LogP contribution >= 0.6 is 0 Å². The van der Waals surface area contributed by atoms with Gasteiger partial charge < -0.3 is 9.15 Å². The molecule has 0 spiro atoms. The Morgan fingerprint density at radius 3 is 1.66 bits per heavy atom. The lowest BCUT2D eigenvalue weighted by Gasteiger charge is -2.27. The van der Waals surface area contributed by atoms with Crippen LogP contribution in [0.25, 0.3) is 105 Å². The van der Waals surface area contributed by atoms with E-state index >= 15 is 0 Å². The Hall–Kier alpha value is -9.00. The van der Waals surface area contributed by atoms with Crippen LogP contribution in [-0.2, 0) is 21.7 Å². The van der Waals surface area contributed by atoms with Crippen LogP contribution in [0, 0.1) is 13.2 Å². The molecule has 0 unspecified atom stereocenters. The molecule has 0 saturated carbocycles. The van der Waals surface area contributed by atoms with Gasteiger partial charge in [0.1, 0.15) is 28.5 Å². The molecule has 13 aromatic rings. The van der Waals surface area contributed by atoms with Crippen LogP contribution in [-0.4, -0.2) is 14.1 Å². The highest BCUT2D eigenvalue weighted by Gasteiger charge is 2.25. The number of rotatable bonds is 8. The largest absolute Gasteiger partial charge is 0.458 e. The molecule has 0 atom stereocenters. The van der Waals surface area contributed by atoms with Crippen molar-refractivity contribution in [1.82, 2.24) is 14.1 Å². The molecule has 0 radical (unpaired) electrons. The van der Waals surface area contributed by atoms with Crippen molar-refractivity contribution in [3.05, 3.63) is 234 Å². The summed E-state index contributed by atoms with van der Waals surface area (Å²) < 4.78 is 47.0. The second-order valence-electron chi connectivity index (χ2n) is 26.7. The third kappa shape index (κ3) is 9.88. The molecule has 4 heterocycles. The van der Waals surface area contributed by atoms with Gasteiger partial charge in [-0.25, -0.2) is 4.98 Å². The molecular weight excluding hydrogens is 1010 g/mol. The second kappa shape index (κ2) is 19.6. The molecule has 0 amide bonds. The number of nitrogens with zero attached hydrogens (tertiary/aromatic N) is 4. The molecule has 83 heavy (non-hydrogen) atoms. The number of aryl methyl sites for hydroxylation is 1. The van der Waals surface area contributed by atoms with E-state index in [9.17, 15) is 4.11 Å². The summed E-state index contributed by atoms with van der Waals surface area (Å²) in [7, 11) is 0. The summed E-state index contributed by atoms with van der Waals surface area (Å²) in [5.74, 6) is 1.75. The Morgan fingerprint density at radius 1 is 0.458 bits per heavy atom. The summed E-state index contributed by atoms with van der Waals surface area (Å²) in [4.78, 5) is 5.25. The first-order valence-electron chi connectivity index (χ1n) is 30.4. The van der Waals surface area contributed by atoms with Crippen molar-refractivity contribution in [2.45, 2.75) is 112 Å². The van der Waals surface area contributed by atoms with Crippen LogP contribution in [0.4, 0.5) is 0 Å². The predicted molar refractivity (Wildman–Crippen MR) is 345 cm³/mol. The van der Waals surface area contributed by atoms with Crippen molar-refractivity contribution < 1.29 is 17.8 Å². The van der Waals surface area contributed by atoms with Crippen LogP contribution in [0.2, 0.25) is 0 Å². The van der Waals surface area contributed by atoms with Gasteiger partial charge in [-0.3, -0.25) is 13.7 Å². The van der Waals surface area contributed by atoms with Crippen molar-refractivity contribution in [2.24, 2.45) is 0 Å². The van der Waals surface area contributed by atoms with Crippen molar-refractivity contribution in [3.8, 4) is 62.1 Å². The fourth-order valence-electron chi connectivity index (χ4n) is 11.6. The number of pyridine rings is 1. The Morgan fingerprint density at radius 2 is 1.01 bits per heavy atom. The lowest BCUT2D eigenvalue weighted by atomic mass is 9.78. The number of benzene rings is 9. The number of imidazole rings is 1. The maximum Gasteiger partial charge on any atom is 0.269 e. The van der Waals surface area contributed by atoms with Gasteiger partial charge in [-0.1, -0.05) is 186 Å². The molecule has 0 N–H and O–H groups in total. The Balaban J connectivity index is 0.923. The van der Waals surface area contributed by atoms with E-state index in [1.165, 1.54) is 22.3 Å². The highest BCUT2D eigenvalue weighted by molar-refractivity contribution is 6.09. The summed E-state index contributed by atoms with van der Waals surface area (Å²) >= 11 is 0. The number of aromatic nitrogens is 4. The van der Waals surface area contributed by atoms with E-state index in [2.05, 4.69) is 212 Å². The molecule has 0 bridgehead atoms. The molecule has 0 fully saturated rings. The summed E-state index contributed by atoms with van der Waals surface area (Å²) in [6, 6.07) is 67.4. The van der Waals surface area contributed by atoms with E-state index < -0.39 is 6.85 Å². The van der Waals surface area contributed by atoms with Gasteiger partial charge in [0.15, 0.2) is 0 Å². The highest BCUT2D eigenvalue weighted by Crippen LogP contribution is 2.42. The van der Waals surface area contributed by atoms with Gasteiger partial charge in [-0.05, 0) is 169 Å². The highest BCUT2D eigenvalue weighted by atomic mass is 16.5. The van der Waals surface area contributed by atoms with Gasteiger partial charge in [-0.15, -0.1) is 0 Å². The smallest absolute Gasteiger partial charge is 0.269 e. The third-order valence-electron chi connectivity index (χ3n) is 16.5. The van der Waals surface area contributed by atoms with Crippen LogP contribution < -0.4 is 9.30 Å². The molecule has 0 aliphatic rings. The summed E-state index contributed by atoms with van der Waals surface area (Å²) in [6.45, 7) is 24.6. The van der Waals surface area contributed by atoms with E-state index in [0.29, 0.717) is 22.9 Å². The van der Waals surface area contributed by atoms with Crippen LogP contribution in [0.15, 0.2) is 205 Å². The van der Waals surface area contributed by atoms with E-state index in [0.717, 1.165) is 94.0 Å². The monoisotopic (exact) mass is 1090 g/mol. The third-order valence-corrected chi connectivity index (χ3v) is 16.5. The number of fused-ring (bicyclic) bond motifs is 7.